The highest BCUT2D eigenvalue weighted by atomic mass is 16.5. The summed E-state index contributed by atoms with van der Waals surface area (Å²) in [5.41, 5.74) is 4.19. The van der Waals surface area contributed by atoms with Crippen LogP contribution in [0, 0.1) is 6.92 Å². The van der Waals surface area contributed by atoms with Crippen molar-refractivity contribution in [1.82, 2.24) is 25.0 Å². The van der Waals surface area contributed by atoms with E-state index in [4.69, 9.17) is 8.94 Å². The molecule has 0 fully saturated rings. The lowest BCUT2D eigenvalue weighted by Gasteiger charge is -2.31. The van der Waals surface area contributed by atoms with E-state index in [0.29, 0.717) is 37.0 Å². The number of fused-ring (bicyclic) bond motifs is 1. The normalized spacial score (nSPS) is 16.8. The number of aromatic amines is 1. The maximum absolute atomic E-state index is 9.26. The highest BCUT2D eigenvalue weighted by molar-refractivity contribution is 5.54. The molecule has 148 valence electrons. The summed E-state index contributed by atoms with van der Waals surface area (Å²) >= 11 is 0. The van der Waals surface area contributed by atoms with E-state index in [-0.39, 0.29) is 12.6 Å². The minimum atomic E-state index is -0.113. The zero-order chi connectivity index (χ0) is 19.8. The van der Waals surface area contributed by atoms with Crippen LogP contribution in [0.2, 0.25) is 0 Å². The maximum Gasteiger partial charge on any atom is 0.244 e. The number of rotatable bonds is 5. The van der Waals surface area contributed by atoms with Crippen LogP contribution in [0.4, 0.5) is 0 Å². The summed E-state index contributed by atoms with van der Waals surface area (Å²) in [5, 5.41) is 13.5. The van der Waals surface area contributed by atoms with Crippen molar-refractivity contribution in [2.75, 3.05) is 0 Å². The van der Waals surface area contributed by atoms with Gasteiger partial charge in [-0.2, -0.15) is 4.98 Å². The molecule has 0 saturated carbocycles. The fraction of sp³-hybridized carbons (Fsp3) is 0.286. The summed E-state index contributed by atoms with van der Waals surface area (Å²) in [5.74, 6) is 2.46. The summed E-state index contributed by atoms with van der Waals surface area (Å²) in [4.78, 5) is 14.5. The van der Waals surface area contributed by atoms with Gasteiger partial charge < -0.3 is 19.0 Å². The molecule has 8 nitrogen and oxygen atoms in total. The van der Waals surface area contributed by atoms with Crippen molar-refractivity contribution in [3.63, 3.8) is 0 Å². The first kappa shape index (κ1) is 17.8. The van der Waals surface area contributed by atoms with Gasteiger partial charge in [0.2, 0.25) is 11.7 Å². The highest BCUT2D eigenvalue weighted by Gasteiger charge is 2.33. The third kappa shape index (κ3) is 3.48. The van der Waals surface area contributed by atoms with Gasteiger partial charge in [0, 0.05) is 18.5 Å². The fourth-order valence-electron chi connectivity index (χ4n) is 3.68. The van der Waals surface area contributed by atoms with Gasteiger partial charge in [-0.25, -0.2) is 4.98 Å². The van der Waals surface area contributed by atoms with E-state index < -0.39 is 0 Å². The number of aliphatic hydroxyl groups excluding tert-OH is 1. The summed E-state index contributed by atoms with van der Waals surface area (Å²) in [6.07, 6.45) is 2.38. The minimum Gasteiger partial charge on any atom is -0.462 e. The smallest absolute Gasteiger partial charge is 0.244 e. The van der Waals surface area contributed by atoms with E-state index in [0.717, 1.165) is 22.7 Å². The number of aliphatic hydroxyl groups is 1. The molecule has 0 aliphatic carbocycles. The highest BCUT2D eigenvalue weighted by Crippen LogP contribution is 2.33. The average Bonchev–Trinajstić information content (AvgIpc) is 3.48. The third-order valence-electron chi connectivity index (χ3n) is 5.26. The molecule has 4 aromatic rings. The van der Waals surface area contributed by atoms with Crippen LogP contribution in [-0.4, -0.2) is 30.1 Å². The molecule has 1 atom stereocenters. The number of hydrogen-bond donors (Lipinski definition) is 2. The van der Waals surface area contributed by atoms with Gasteiger partial charge in [-0.1, -0.05) is 35.0 Å². The Kier molecular flexibility index (Phi) is 4.49. The van der Waals surface area contributed by atoms with E-state index in [1.165, 1.54) is 5.56 Å². The average molecular weight is 391 g/mol. The molecule has 2 N–H and O–H groups in total. The van der Waals surface area contributed by atoms with Gasteiger partial charge in [-0.3, -0.25) is 4.90 Å². The van der Waals surface area contributed by atoms with E-state index in [1.807, 2.05) is 37.3 Å². The van der Waals surface area contributed by atoms with Gasteiger partial charge in [0.25, 0.3) is 0 Å². The molecule has 4 heterocycles. The molecule has 29 heavy (non-hydrogen) atoms. The zero-order valence-corrected chi connectivity index (χ0v) is 16.0. The predicted molar refractivity (Wildman–Crippen MR) is 103 cm³/mol. The van der Waals surface area contributed by atoms with E-state index >= 15 is 0 Å². The number of nitrogens with one attached hydrogen (secondary N) is 1. The fourth-order valence-corrected chi connectivity index (χ4v) is 3.68. The summed E-state index contributed by atoms with van der Waals surface area (Å²) in [7, 11) is 0. The van der Waals surface area contributed by atoms with Crippen LogP contribution < -0.4 is 0 Å². The van der Waals surface area contributed by atoms with Crippen molar-refractivity contribution in [1.29, 1.82) is 0 Å². The van der Waals surface area contributed by atoms with E-state index in [2.05, 4.69) is 25.0 Å². The van der Waals surface area contributed by atoms with Gasteiger partial charge in [0.15, 0.2) is 0 Å². The van der Waals surface area contributed by atoms with Crippen LogP contribution in [0.5, 0.6) is 0 Å². The number of aromatic nitrogens is 4. The molecule has 0 unspecified atom stereocenters. The van der Waals surface area contributed by atoms with Crippen molar-refractivity contribution >= 4 is 0 Å². The van der Waals surface area contributed by atoms with Crippen LogP contribution in [0.1, 0.15) is 40.4 Å². The molecule has 3 aromatic heterocycles. The molecule has 1 aromatic carbocycles. The lowest BCUT2D eigenvalue weighted by molar-refractivity contribution is 0.117. The van der Waals surface area contributed by atoms with Crippen LogP contribution in [0.3, 0.4) is 0 Å². The summed E-state index contributed by atoms with van der Waals surface area (Å²) < 4.78 is 11.4. The number of hydrogen-bond acceptors (Lipinski definition) is 7. The van der Waals surface area contributed by atoms with Crippen molar-refractivity contribution in [3.05, 3.63) is 77.1 Å². The van der Waals surface area contributed by atoms with Crippen LogP contribution >= 0.6 is 0 Å². The van der Waals surface area contributed by atoms with Crippen molar-refractivity contribution in [3.8, 4) is 11.4 Å². The van der Waals surface area contributed by atoms with Gasteiger partial charge >= 0.3 is 0 Å². The molecule has 1 aliphatic heterocycles. The number of furan rings is 1. The monoisotopic (exact) mass is 391 g/mol. The first-order valence-electron chi connectivity index (χ1n) is 9.54. The molecule has 0 saturated heterocycles. The zero-order valence-electron chi connectivity index (χ0n) is 16.0. The second kappa shape index (κ2) is 7.31. The number of aryl methyl sites for hydroxylation is 1. The Morgan fingerprint density at radius 1 is 1.17 bits per heavy atom. The van der Waals surface area contributed by atoms with Crippen LogP contribution in [0.25, 0.3) is 11.4 Å². The largest absolute Gasteiger partial charge is 0.462 e. The molecular formula is C21H21N5O3. The minimum absolute atomic E-state index is 0.111. The van der Waals surface area contributed by atoms with Crippen LogP contribution in [-0.2, 0) is 26.1 Å². The number of benzene rings is 1. The van der Waals surface area contributed by atoms with Gasteiger partial charge in [-0.15, -0.1) is 0 Å². The van der Waals surface area contributed by atoms with Crippen molar-refractivity contribution in [2.45, 2.75) is 39.1 Å². The molecule has 0 bridgehead atoms. The van der Waals surface area contributed by atoms with Gasteiger partial charge in [-0.05, 0) is 19.1 Å². The Balaban J connectivity index is 1.45. The maximum atomic E-state index is 9.26. The lowest BCUT2D eigenvalue weighted by atomic mass is 10.0. The standard InChI is InChI=1S/C21H21N5O3/c1-13-2-4-14(5-3-13)20-24-21(29-25-20)19-8-17-18(23-12-22-17)10-26(19)9-15-6-7-16(11-27)28-15/h2-7,12,19,27H,8-11H2,1H3,(H,22,23)/t19-/m0/s1. The molecule has 1 aliphatic rings. The first-order valence-corrected chi connectivity index (χ1v) is 9.54. The Morgan fingerprint density at radius 2 is 2.00 bits per heavy atom. The lowest BCUT2D eigenvalue weighted by Crippen LogP contribution is -2.34. The summed E-state index contributed by atoms with van der Waals surface area (Å²) in [6, 6.07) is 11.6. The first-order chi connectivity index (χ1) is 14.2. The van der Waals surface area contributed by atoms with E-state index in [9.17, 15) is 5.11 Å². The molecule has 0 spiro atoms. The summed E-state index contributed by atoms with van der Waals surface area (Å²) in [6.45, 7) is 3.16. The molecule has 5 rings (SSSR count). The topological polar surface area (TPSA) is 104 Å². The van der Waals surface area contributed by atoms with Crippen LogP contribution in [0.15, 0.2) is 51.7 Å². The van der Waals surface area contributed by atoms with Crippen molar-refractivity contribution in [2.24, 2.45) is 0 Å². The Hall–Kier alpha value is -3.23. The van der Waals surface area contributed by atoms with E-state index in [1.54, 1.807) is 12.4 Å². The number of nitrogens with zero attached hydrogens (tertiary/aromatic N) is 4. The quantitative estimate of drug-likeness (QED) is 0.538. The molecule has 0 radical (unpaired) electrons. The van der Waals surface area contributed by atoms with Gasteiger partial charge in [0.1, 0.15) is 18.1 Å². The second-order valence-electron chi connectivity index (χ2n) is 7.30. The Labute approximate surface area is 167 Å². The second-order valence-corrected chi connectivity index (χ2v) is 7.30. The molecule has 0 amide bonds. The number of imidazole rings is 1. The number of H-pyrrole nitrogens is 1. The molecular weight excluding hydrogens is 370 g/mol. The SMILES string of the molecule is Cc1ccc(-c2noc([C@@H]3Cc4nc[nH]c4CN3Cc3ccc(CO)o3)n2)cc1. The Bertz CT molecular complexity index is 1110. The predicted octanol–water partition coefficient (Wildman–Crippen LogP) is 3.15. The third-order valence-corrected chi connectivity index (χ3v) is 5.26. The molecule has 8 heteroatoms. The van der Waals surface area contributed by atoms with Crippen molar-refractivity contribution < 1.29 is 14.0 Å². The Morgan fingerprint density at radius 3 is 2.79 bits per heavy atom. The van der Waals surface area contributed by atoms with Gasteiger partial charge in [0.05, 0.1) is 30.3 Å².